The molecule has 4 rings (SSSR count). The van der Waals surface area contributed by atoms with Crippen LogP contribution in [0.2, 0.25) is 0 Å². The third kappa shape index (κ3) is 3.54. The number of benzene rings is 1. The minimum Gasteiger partial charge on any atom is -0.419 e. The molecule has 23 heavy (non-hydrogen) atoms. The summed E-state index contributed by atoms with van der Waals surface area (Å²) in [5.41, 5.74) is 0.933. The van der Waals surface area contributed by atoms with Crippen LogP contribution in [0, 0.1) is 0 Å². The average molecular weight is 390 g/mol. The third-order valence-electron chi connectivity index (χ3n) is 3.91. The molecule has 1 aromatic carbocycles. The smallest absolute Gasteiger partial charge is 0.248 e. The molecule has 0 N–H and O–H groups in total. The molecular formula is C17H16BrN3OS. The van der Waals surface area contributed by atoms with Crippen LogP contribution in [-0.4, -0.2) is 21.1 Å². The monoisotopic (exact) mass is 389 g/mol. The highest BCUT2D eigenvalue weighted by Gasteiger charge is 2.30. The van der Waals surface area contributed by atoms with E-state index in [9.17, 15) is 0 Å². The van der Waals surface area contributed by atoms with Crippen molar-refractivity contribution < 1.29 is 4.42 Å². The van der Waals surface area contributed by atoms with E-state index >= 15 is 0 Å². The second kappa shape index (κ2) is 6.55. The molecule has 4 nitrogen and oxygen atoms in total. The molecule has 1 aliphatic rings. The molecule has 1 saturated carbocycles. The van der Waals surface area contributed by atoms with Crippen LogP contribution in [0.15, 0.2) is 50.7 Å². The first-order chi connectivity index (χ1) is 11.3. The Kier molecular flexibility index (Phi) is 4.29. The van der Waals surface area contributed by atoms with Crippen molar-refractivity contribution in [1.29, 1.82) is 0 Å². The highest BCUT2D eigenvalue weighted by atomic mass is 79.9. The summed E-state index contributed by atoms with van der Waals surface area (Å²) in [6, 6.07) is 12.8. The Morgan fingerprint density at radius 3 is 2.74 bits per heavy atom. The molecule has 0 atom stereocenters. The van der Waals surface area contributed by atoms with Gasteiger partial charge in [0.25, 0.3) is 0 Å². The number of nitrogens with zero attached hydrogens (tertiary/aromatic N) is 3. The Morgan fingerprint density at radius 2 is 2.00 bits per heavy atom. The lowest BCUT2D eigenvalue weighted by Crippen LogP contribution is -2.24. The van der Waals surface area contributed by atoms with Gasteiger partial charge in [-0.2, -0.15) is 0 Å². The van der Waals surface area contributed by atoms with Crippen LogP contribution < -0.4 is 0 Å². The zero-order chi connectivity index (χ0) is 15.6. The van der Waals surface area contributed by atoms with Gasteiger partial charge >= 0.3 is 0 Å². The molecular weight excluding hydrogens is 374 g/mol. The first kappa shape index (κ1) is 15.1. The van der Waals surface area contributed by atoms with E-state index in [1.54, 1.807) is 11.3 Å². The first-order valence-corrected chi connectivity index (χ1v) is 9.30. The van der Waals surface area contributed by atoms with Gasteiger partial charge in [0.05, 0.1) is 12.1 Å². The molecule has 0 radical (unpaired) electrons. The average Bonchev–Trinajstić information content (AvgIpc) is 3.08. The SMILES string of the molecule is Brc1ccccc1-c1nnc(CN(Cc2cccs2)C2CC2)o1. The van der Waals surface area contributed by atoms with Crippen LogP contribution in [-0.2, 0) is 13.1 Å². The summed E-state index contributed by atoms with van der Waals surface area (Å²) < 4.78 is 6.85. The van der Waals surface area contributed by atoms with Crippen molar-refractivity contribution >= 4 is 27.3 Å². The molecule has 0 amide bonds. The third-order valence-corrected chi connectivity index (χ3v) is 5.46. The van der Waals surface area contributed by atoms with Gasteiger partial charge in [0, 0.05) is 21.9 Å². The van der Waals surface area contributed by atoms with Gasteiger partial charge in [-0.1, -0.05) is 18.2 Å². The zero-order valence-corrected chi connectivity index (χ0v) is 14.9. The Bertz CT molecular complexity index is 783. The predicted molar refractivity (Wildman–Crippen MR) is 94.0 cm³/mol. The van der Waals surface area contributed by atoms with E-state index in [1.165, 1.54) is 17.7 Å². The number of rotatable bonds is 6. The minimum absolute atomic E-state index is 0.569. The van der Waals surface area contributed by atoms with Gasteiger partial charge in [-0.05, 0) is 52.4 Å². The van der Waals surface area contributed by atoms with E-state index in [0.29, 0.717) is 24.4 Å². The summed E-state index contributed by atoms with van der Waals surface area (Å²) in [7, 11) is 0. The van der Waals surface area contributed by atoms with Crippen LogP contribution in [0.1, 0.15) is 23.6 Å². The standard InChI is InChI=1S/C17H16BrN3OS/c18-15-6-2-1-5-14(15)17-20-19-16(22-17)11-21(12-7-8-12)10-13-4-3-9-23-13/h1-6,9,12H,7-8,10-11H2. The molecule has 0 saturated heterocycles. The highest BCUT2D eigenvalue weighted by Crippen LogP contribution is 2.31. The molecule has 2 aromatic heterocycles. The molecule has 0 bridgehead atoms. The number of halogens is 1. The van der Waals surface area contributed by atoms with Crippen molar-refractivity contribution in [2.45, 2.75) is 32.0 Å². The zero-order valence-electron chi connectivity index (χ0n) is 12.5. The van der Waals surface area contributed by atoms with Crippen molar-refractivity contribution in [1.82, 2.24) is 15.1 Å². The largest absolute Gasteiger partial charge is 0.419 e. The fraction of sp³-hybridized carbons (Fsp3) is 0.294. The maximum absolute atomic E-state index is 5.89. The van der Waals surface area contributed by atoms with Crippen LogP contribution in [0.3, 0.4) is 0 Å². The van der Waals surface area contributed by atoms with Crippen LogP contribution in [0.4, 0.5) is 0 Å². The summed E-state index contributed by atoms with van der Waals surface area (Å²) in [6.45, 7) is 1.66. The normalized spacial score (nSPS) is 14.5. The molecule has 0 spiro atoms. The van der Waals surface area contributed by atoms with Gasteiger partial charge < -0.3 is 4.42 Å². The fourth-order valence-electron chi connectivity index (χ4n) is 2.59. The van der Waals surface area contributed by atoms with Crippen molar-refractivity contribution in [3.8, 4) is 11.5 Å². The Labute approximate surface area is 147 Å². The molecule has 1 fully saturated rings. The minimum atomic E-state index is 0.569. The molecule has 118 valence electrons. The Balaban J connectivity index is 1.51. The Morgan fingerprint density at radius 1 is 1.13 bits per heavy atom. The molecule has 0 aliphatic heterocycles. The molecule has 6 heteroatoms. The first-order valence-electron chi connectivity index (χ1n) is 7.63. The maximum atomic E-state index is 5.89. The van der Waals surface area contributed by atoms with Gasteiger partial charge in [0.15, 0.2) is 0 Å². The molecule has 2 heterocycles. The van der Waals surface area contributed by atoms with Gasteiger partial charge in [-0.25, -0.2) is 0 Å². The summed E-state index contributed by atoms with van der Waals surface area (Å²) >= 11 is 5.33. The lowest BCUT2D eigenvalue weighted by molar-refractivity contribution is 0.223. The summed E-state index contributed by atoms with van der Waals surface area (Å²) in [4.78, 5) is 3.81. The predicted octanol–water partition coefficient (Wildman–Crippen LogP) is 4.73. The second-order valence-electron chi connectivity index (χ2n) is 5.70. The topological polar surface area (TPSA) is 42.2 Å². The Hall–Kier alpha value is -1.50. The molecule has 0 unspecified atom stereocenters. The lowest BCUT2D eigenvalue weighted by Gasteiger charge is -2.18. The van der Waals surface area contributed by atoms with E-state index < -0.39 is 0 Å². The van der Waals surface area contributed by atoms with Crippen molar-refractivity contribution in [3.05, 3.63) is 57.0 Å². The molecule has 3 aromatic rings. The fourth-order valence-corrected chi connectivity index (χ4v) is 3.78. The van der Waals surface area contributed by atoms with E-state index in [4.69, 9.17) is 4.42 Å². The van der Waals surface area contributed by atoms with Crippen LogP contribution >= 0.6 is 27.3 Å². The van der Waals surface area contributed by atoms with Gasteiger partial charge in [0.2, 0.25) is 11.8 Å². The van der Waals surface area contributed by atoms with Gasteiger partial charge in [-0.3, -0.25) is 4.90 Å². The van der Waals surface area contributed by atoms with Crippen molar-refractivity contribution in [2.75, 3.05) is 0 Å². The number of hydrogen-bond donors (Lipinski definition) is 0. The maximum Gasteiger partial charge on any atom is 0.248 e. The van der Waals surface area contributed by atoms with Crippen molar-refractivity contribution in [3.63, 3.8) is 0 Å². The summed E-state index contributed by atoms with van der Waals surface area (Å²) in [5, 5.41) is 10.6. The number of aromatic nitrogens is 2. The number of thiophene rings is 1. The molecule has 1 aliphatic carbocycles. The summed E-state index contributed by atoms with van der Waals surface area (Å²) in [6.07, 6.45) is 2.52. The van der Waals surface area contributed by atoms with E-state index in [0.717, 1.165) is 16.6 Å². The van der Waals surface area contributed by atoms with Crippen molar-refractivity contribution in [2.24, 2.45) is 0 Å². The quantitative estimate of drug-likeness (QED) is 0.611. The highest BCUT2D eigenvalue weighted by molar-refractivity contribution is 9.10. The van der Waals surface area contributed by atoms with E-state index in [-0.39, 0.29) is 0 Å². The van der Waals surface area contributed by atoms with E-state index in [1.807, 2.05) is 24.3 Å². The van der Waals surface area contributed by atoms with E-state index in [2.05, 4.69) is 48.5 Å². The summed E-state index contributed by atoms with van der Waals surface area (Å²) in [5.74, 6) is 1.25. The van der Waals surface area contributed by atoms with Gasteiger partial charge in [0.1, 0.15) is 0 Å². The number of hydrogen-bond acceptors (Lipinski definition) is 5. The lowest BCUT2D eigenvalue weighted by atomic mass is 10.2. The van der Waals surface area contributed by atoms with Gasteiger partial charge in [-0.15, -0.1) is 21.5 Å². The van der Waals surface area contributed by atoms with Crippen LogP contribution in [0.25, 0.3) is 11.5 Å². The van der Waals surface area contributed by atoms with Crippen LogP contribution in [0.5, 0.6) is 0 Å². The second-order valence-corrected chi connectivity index (χ2v) is 7.58.